The van der Waals surface area contributed by atoms with Crippen LogP contribution in [-0.2, 0) is 17.5 Å². The van der Waals surface area contributed by atoms with Crippen LogP contribution in [0.25, 0.3) is 5.78 Å². The van der Waals surface area contributed by atoms with Crippen molar-refractivity contribution in [1.29, 1.82) is 0 Å². The second-order valence-electron chi connectivity index (χ2n) is 7.58. The van der Waals surface area contributed by atoms with Crippen molar-refractivity contribution in [3.63, 3.8) is 0 Å². The molecule has 0 amide bonds. The van der Waals surface area contributed by atoms with Gasteiger partial charge in [-0.05, 0) is 20.4 Å². The Labute approximate surface area is 148 Å². The highest BCUT2D eigenvalue weighted by molar-refractivity contribution is 5.28. The van der Waals surface area contributed by atoms with E-state index in [0.717, 1.165) is 6.42 Å². The lowest BCUT2D eigenvalue weighted by atomic mass is 9.55. The van der Waals surface area contributed by atoms with Crippen LogP contribution in [0.1, 0.15) is 38.7 Å². The lowest BCUT2D eigenvalue weighted by molar-refractivity contribution is -0.207. The predicted octanol–water partition coefficient (Wildman–Crippen LogP) is 2.07. The Kier molecular flexibility index (Phi) is 4.19. The van der Waals surface area contributed by atoms with Gasteiger partial charge in [0.2, 0.25) is 5.82 Å². The number of rotatable bonds is 4. The van der Waals surface area contributed by atoms with Crippen LogP contribution < -0.4 is 5.56 Å². The normalized spacial score (nSPS) is 25.7. The van der Waals surface area contributed by atoms with Crippen molar-refractivity contribution >= 4 is 5.78 Å². The molecule has 1 aliphatic rings. The standard InChI is InChI=1S/C16H22F3N5O2/c1-14(2)10(7-15(14,3)26-5)23(4)8-9-6-11(25)24-13(20-9)21-12(22-24)16(17,18)19/h6,10H,7-8H2,1-5H3,(H,20,21,22)/t10-,15-/m1/s1. The fourth-order valence-electron chi connectivity index (χ4n) is 3.66. The summed E-state index contributed by atoms with van der Waals surface area (Å²) in [5.74, 6) is -1.54. The maximum absolute atomic E-state index is 12.8. The van der Waals surface area contributed by atoms with Gasteiger partial charge in [-0.15, -0.1) is 0 Å². The summed E-state index contributed by atoms with van der Waals surface area (Å²) >= 11 is 0. The van der Waals surface area contributed by atoms with Crippen LogP contribution in [0.4, 0.5) is 13.2 Å². The molecule has 7 nitrogen and oxygen atoms in total. The SMILES string of the molecule is CO[C@]1(C)C[C@@H](N(C)Cc2cc(=O)n3[nH]c(C(F)(F)F)nc3n2)C1(C)C. The first-order valence-corrected chi connectivity index (χ1v) is 8.20. The van der Waals surface area contributed by atoms with Gasteiger partial charge in [-0.2, -0.15) is 22.7 Å². The highest BCUT2D eigenvalue weighted by Gasteiger charge is 2.58. The summed E-state index contributed by atoms with van der Waals surface area (Å²) in [5.41, 5.74) is -0.617. The Bertz CT molecular complexity index is 888. The van der Waals surface area contributed by atoms with Gasteiger partial charge in [0.15, 0.2) is 0 Å². The number of aromatic amines is 1. The monoisotopic (exact) mass is 373 g/mol. The minimum absolute atomic E-state index is 0.120. The van der Waals surface area contributed by atoms with E-state index in [1.54, 1.807) is 7.11 Å². The van der Waals surface area contributed by atoms with Gasteiger partial charge >= 0.3 is 6.18 Å². The van der Waals surface area contributed by atoms with Crippen molar-refractivity contribution < 1.29 is 17.9 Å². The summed E-state index contributed by atoms with van der Waals surface area (Å²) in [5, 5.41) is 1.94. The Morgan fingerprint density at radius 1 is 1.38 bits per heavy atom. The highest BCUT2D eigenvalue weighted by atomic mass is 19.4. The molecule has 1 saturated carbocycles. The minimum atomic E-state index is -4.67. The van der Waals surface area contributed by atoms with E-state index in [1.807, 2.05) is 17.0 Å². The molecule has 0 saturated heterocycles. The Hall–Kier alpha value is -1.94. The number of nitrogens with zero attached hydrogens (tertiary/aromatic N) is 4. The van der Waals surface area contributed by atoms with Crippen LogP contribution in [0.2, 0.25) is 0 Å². The minimum Gasteiger partial charge on any atom is -0.378 e. The number of aromatic nitrogens is 4. The molecule has 1 N–H and O–H groups in total. The largest absolute Gasteiger partial charge is 0.451 e. The van der Waals surface area contributed by atoms with Crippen LogP contribution in [0.5, 0.6) is 0 Å². The van der Waals surface area contributed by atoms with Gasteiger partial charge in [0.25, 0.3) is 11.3 Å². The van der Waals surface area contributed by atoms with E-state index in [1.165, 1.54) is 6.07 Å². The van der Waals surface area contributed by atoms with Crippen LogP contribution in [0, 0.1) is 5.41 Å². The summed E-state index contributed by atoms with van der Waals surface area (Å²) in [6.45, 7) is 6.59. The molecule has 10 heteroatoms. The zero-order valence-electron chi connectivity index (χ0n) is 15.3. The maximum atomic E-state index is 12.8. The summed E-state index contributed by atoms with van der Waals surface area (Å²) in [7, 11) is 3.58. The molecule has 1 fully saturated rings. The number of alkyl halides is 3. The van der Waals surface area contributed by atoms with Crippen molar-refractivity contribution in [2.75, 3.05) is 14.2 Å². The van der Waals surface area contributed by atoms with Crippen LogP contribution in [0.3, 0.4) is 0 Å². The Morgan fingerprint density at radius 3 is 2.58 bits per heavy atom. The van der Waals surface area contributed by atoms with E-state index in [0.29, 0.717) is 16.8 Å². The topological polar surface area (TPSA) is 75.5 Å². The van der Waals surface area contributed by atoms with Crippen molar-refractivity contribution in [1.82, 2.24) is 24.5 Å². The third kappa shape index (κ3) is 2.81. The lowest BCUT2D eigenvalue weighted by Crippen LogP contribution is -2.67. The molecule has 144 valence electrons. The van der Waals surface area contributed by atoms with Gasteiger partial charge < -0.3 is 4.74 Å². The molecule has 2 aromatic rings. The molecule has 3 rings (SSSR count). The molecule has 0 unspecified atom stereocenters. The zero-order valence-corrected chi connectivity index (χ0v) is 15.3. The number of nitrogens with one attached hydrogen (secondary N) is 1. The maximum Gasteiger partial charge on any atom is 0.451 e. The molecule has 2 heterocycles. The molecule has 0 aliphatic heterocycles. The molecule has 2 atom stereocenters. The van der Waals surface area contributed by atoms with Gasteiger partial charge in [0, 0.05) is 31.2 Å². The number of halogens is 3. The van der Waals surface area contributed by atoms with E-state index in [-0.39, 0.29) is 22.8 Å². The number of hydrogen-bond acceptors (Lipinski definition) is 5. The zero-order chi connectivity index (χ0) is 19.5. The number of methoxy groups -OCH3 is 1. The third-order valence-corrected chi connectivity index (χ3v) is 5.83. The van der Waals surface area contributed by atoms with Crippen molar-refractivity contribution in [2.24, 2.45) is 5.41 Å². The molecule has 2 aromatic heterocycles. The van der Waals surface area contributed by atoms with Crippen molar-refractivity contribution in [3.05, 3.63) is 27.9 Å². The quantitative estimate of drug-likeness (QED) is 0.888. The second kappa shape index (κ2) is 5.78. The molecule has 0 radical (unpaired) electrons. The molecular formula is C16H22F3N5O2. The van der Waals surface area contributed by atoms with Crippen LogP contribution in [0.15, 0.2) is 10.9 Å². The Morgan fingerprint density at radius 2 is 2.04 bits per heavy atom. The van der Waals surface area contributed by atoms with Gasteiger partial charge in [-0.25, -0.2) is 4.98 Å². The fraction of sp³-hybridized carbons (Fsp3) is 0.688. The van der Waals surface area contributed by atoms with Crippen molar-refractivity contribution in [3.8, 4) is 0 Å². The van der Waals surface area contributed by atoms with Gasteiger partial charge in [-0.1, -0.05) is 13.8 Å². The van der Waals surface area contributed by atoms with Crippen molar-refractivity contribution in [2.45, 2.75) is 51.6 Å². The summed E-state index contributed by atoms with van der Waals surface area (Å²) in [6.07, 6.45) is -3.85. The first-order chi connectivity index (χ1) is 11.9. The summed E-state index contributed by atoms with van der Waals surface area (Å²) in [6, 6.07) is 1.42. The number of fused-ring (bicyclic) bond motifs is 1. The van der Waals surface area contributed by atoms with Gasteiger partial charge in [0.05, 0.1) is 11.3 Å². The van der Waals surface area contributed by atoms with Crippen LogP contribution in [-0.4, -0.2) is 50.3 Å². The average molecular weight is 373 g/mol. The molecule has 26 heavy (non-hydrogen) atoms. The molecule has 0 bridgehead atoms. The average Bonchev–Trinajstić information content (AvgIpc) is 2.96. The van der Waals surface area contributed by atoms with E-state index in [4.69, 9.17) is 4.74 Å². The molecule has 0 spiro atoms. The van der Waals surface area contributed by atoms with Gasteiger partial charge in [-0.3, -0.25) is 14.8 Å². The predicted molar refractivity (Wildman–Crippen MR) is 87.7 cm³/mol. The first-order valence-electron chi connectivity index (χ1n) is 8.20. The number of ether oxygens (including phenoxy) is 1. The highest BCUT2D eigenvalue weighted by Crippen LogP contribution is 2.53. The van der Waals surface area contributed by atoms with Gasteiger partial charge in [0.1, 0.15) is 0 Å². The third-order valence-electron chi connectivity index (χ3n) is 5.83. The molecule has 0 aromatic carbocycles. The van der Waals surface area contributed by atoms with E-state index in [9.17, 15) is 18.0 Å². The number of hydrogen-bond donors (Lipinski definition) is 1. The molecule has 1 aliphatic carbocycles. The second-order valence-corrected chi connectivity index (χ2v) is 7.58. The Balaban J connectivity index is 1.85. The van der Waals surface area contributed by atoms with Crippen LogP contribution >= 0.6 is 0 Å². The lowest BCUT2D eigenvalue weighted by Gasteiger charge is -2.61. The molecular weight excluding hydrogens is 351 g/mol. The summed E-state index contributed by atoms with van der Waals surface area (Å²) in [4.78, 5) is 21.6. The summed E-state index contributed by atoms with van der Waals surface area (Å²) < 4.78 is 44.6. The first kappa shape index (κ1) is 18.8. The fourth-order valence-corrected chi connectivity index (χ4v) is 3.66. The smallest absolute Gasteiger partial charge is 0.378 e. The van der Waals surface area contributed by atoms with E-state index >= 15 is 0 Å². The van der Waals surface area contributed by atoms with E-state index < -0.39 is 17.6 Å². The number of H-pyrrole nitrogens is 1. The van der Waals surface area contributed by atoms with E-state index in [2.05, 4.69) is 30.7 Å².